The van der Waals surface area contributed by atoms with Crippen molar-refractivity contribution in [2.24, 2.45) is 36.1 Å². The minimum atomic E-state index is -1.41. The van der Waals surface area contributed by atoms with Crippen LogP contribution in [0, 0.1) is 41.8 Å². The first-order chi connectivity index (χ1) is 22.3. The fourth-order valence-electron chi connectivity index (χ4n) is 8.52. The van der Waals surface area contributed by atoms with Crippen LogP contribution >= 0.6 is 22.9 Å². The monoisotopic (exact) mass is 674 g/mol. The highest BCUT2D eigenvalue weighted by Crippen LogP contribution is 2.63. The maximum atomic E-state index is 14.9. The number of aromatic hydroxyl groups is 1. The van der Waals surface area contributed by atoms with Gasteiger partial charge in [0.05, 0.1) is 28.0 Å². The third-order valence-electron chi connectivity index (χ3n) is 10.8. The van der Waals surface area contributed by atoms with E-state index < -0.39 is 70.2 Å². The van der Waals surface area contributed by atoms with E-state index in [0.717, 1.165) is 31.5 Å². The Morgan fingerprint density at radius 3 is 2.55 bits per heavy atom. The van der Waals surface area contributed by atoms with E-state index in [-0.39, 0.29) is 23.7 Å². The summed E-state index contributed by atoms with van der Waals surface area (Å²) >= 11 is 7.78. The Bertz CT molecular complexity index is 2140. The van der Waals surface area contributed by atoms with E-state index in [1.165, 1.54) is 28.2 Å². The Morgan fingerprint density at radius 2 is 1.81 bits per heavy atom. The molecule has 2 aromatic heterocycles. The molecule has 240 valence electrons. The summed E-state index contributed by atoms with van der Waals surface area (Å²) in [6.07, 6.45) is 2.02. The zero-order chi connectivity index (χ0) is 33.3. The van der Waals surface area contributed by atoms with Gasteiger partial charge in [-0.15, -0.1) is 11.3 Å². The molecule has 0 spiro atoms. The lowest BCUT2D eigenvalue weighted by Gasteiger charge is -2.49. The first-order valence-corrected chi connectivity index (χ1v) is 16.4. The zero-order valence-electron chi connectivity index (χ0n) is 25.4. The van der Waals surface area contributed by atoms with Gasteiger partial charge in [0.1, 0.15) is 11.5 Å². The number of phenolic OH excluding ortho intramolecular Hbond substituents is 1. The van der Waals surface area contributed by atoms with Crippen LogP contribution in [0.4, 0.5) is 10.2 Å². The molecular formula is C34H28ClFN4O6S. The van der Waals surface area contributed by atoms with Gasteiger partial charge in [-0.2, -0.15) is 10.2 Å². The predicted molar refractivity (Wildman–Crippen MR) is 170 cm³/mol. The van der Waals surface area contributed by atoms with E-state index in [9.17, 15) is 33.9 Å². The number of aryl methyl sites for hydroxylation is 2. The van der Waals surface area contributed by atoms with E-state index in [2.05, 4.69) is 0 Å². The second-order valence-electron chi connectivity index (χ2n) is 13.1. The maximum Gasteiger partial charge on any atom is 0.257 e. The highest BCUT2D eigenvalue weighted by atomic mass is 35.5. The summed E-state index contributed by atoms with van der Waals surface area (Å²) in [6, 6.07) is 11.2. The van der Waals surface area contributed by atoms with Crippen molar-refractivity contribution in [3.63, 3.8) is 0 Å². The van der Waals surface area contributed by atoms with Crippen molar-refractivity contribution in [1.82, 2.24) is 14.8 Å². The molecule has 2 saturated heterocycles. The second-order valence-corrected chi connectivity index (χ2v) is 14.6. The predicted octanol–water partition coefficient (Wildman–Crippen LogP) is 5.73. The number of thiophene rings is 1. The van der Waals surface area contributed by atoms with Gasteiger partial charge in [-0.1, -0.05) is 29.3 Å². The molecule has 6 atom stereocenters. The van der Waals surface area contributed by atoms with Crippen LogP contribution in [0.5, 0.6) is 5.75 Å². The number of amides is 4. The van der Waals surface area contributed by atoms with Gasteiger partial charge >= 0.3 is 0 Å². The number of aromatic nitrogens is 2. The van der Waals surface area contributed by atoms with Crippen LogP contribution in [0.1, 0.15) is 36.8 Å². The number of imide groups is 2. The van der Waals surface area contributed by atoms with E-state index in [1.807, 2.05) is 25.1 Å². The van der Waals surface area contributed by atoms with Crippen molar-refractivity contribution in [1.29, 1.82) is 0 Å². The smallest absolute Gasteiger partial charge is 0.257 e. The fraction of sp³-hybridized carbons (Fsp3) is 0.324. The largest absolute Gasteiger partial charge is 0.505 e. The number of hydrogen-bond donors (Lipinski definition) is 2. The fourth-order valence-corrected chi connectivity index (χ4v) is 9.83. The SMILES string of the molecule is Cc1c(-c2cc(N3C(=O)C4CC5C(=CCC6C(=O)N(O)C(=O)C65)C(c5ccc(O)c(F)c5)C4(C)C3=O)n(C)n2)sc2ccc(Cl)cc12. The molecule has 2 aliphatic heterocycles. The standard InChI is InChI=1S/C34H28ClFN4O6S/c1-14-19-11-16(35)5-9-25(19)47-29(14)23-13-26(38(3)37-23)39-31(43)21-12-20-17(6-7-18-27(20)32(44)40(46)30(18)42)28(34(21,2)33(39)45)15-4-8-24(41)22(36)10-15/h4-6,8-11,13,18,20-21,27-28,41,46H,7,12H2,1-3H3. The Balaban J connectivity index is 1.26. The van der Waals surface area contributed by atoms with Crippen LogP contribution < -0.4 is 4.90 Å². The third kappa shape index (κ3) is 3.95. The topological polar surface area (TPSA) is 133 Å². The van der Waals surface area contributed by atoms with Gasteiger partial charge in [-0.25, -0.2) is 9.29 Å². The molecule has 13 heteroatoms. The Kier molecular flexibility index (Phi) is 6.41. The normalized spacial score (nSPS) is 28.6. The molecule has 47 heavy (non-hydrogen) atoms. The summed E-state index contributed by atoms with van der Waals surface area (Å²) in [5.41, 5.74) is 1.13. The number of fused-ring (bicyclic) bond motifs is 5. The molecule has 3 fully saturated rings. The van der Waals surface area contributed by atoms with Crippen LogP contribution in [-0.2, 0) is 26.2 Å². The molecular weight excluding hydrogens is 647 g/mol. The molecule has 4 aromatic rings. The van der Waals surface area contributed by atoms with Crippen molar-refractivity contribution < 1.29 is 33.9 Å². The zero-order valence-corrected chi connectivity index (χ0v) is 27.0. The number of rotatable bonds is 3. The van der Waals surface area contributed by atoms with Gasteiger partial charge in [0, 0.05) is 28.8 Å². The lowest BCUT2D eigenvalue weighted by molar-refractivity contribution is -0.173. The van der Waals surface area contributed by atoms with Crippen LogP contribution in [-0.4, -0.2) is 48.8 Å². The minimum absolute atomic E-state index is 0.0788. The number of carbonyl (C=O) groups excluding carboxylic acids is 4. The Morgan fingerprint density at radius 1 is 1.04 bits per heavy atom. The summed E-state index contributed by atoms with van der Waals surface area (Å²) in [7, 11) is 1.65. The molecule has 4 heterocycles. The highest BCUT2D eigenvalue weighted by Gasteiger charge is 2.68. The van der Waals surface area contributed by atoms with Crippen molar-refractivity contribution in [3.8, 4) is 16.3 Å². The minimum Gasteiger partial charge on any atom is -0.505 e. The molecule has 8 rings (SSSR count). The number of phenols is 1. The first kappa shape index (κ1) is 30.0. The van der Waals surface area contributed by atoms with Gasteiger partial charge in [0.15, 0.2) is 11.6 Å². The van der Waals surface area contributed by atoms with Crippen molar-refractivity contribution in [2.45, 2.75) is 32.6 Å². The summed E-state index contributed by atoms with van der Waals surface area (Å²) in [5.74, 6) is -7.82. The average molecular weight is 675 g/mol. The molecule has 1 saturated carbocycles. The van der Waals surface area contributed by atoms with Crippen molar-refractivity contribution in [2.75, 3.05) is 4.90 Å². The summed E-state index contributed by atoms with van der Waals surface area (Å²) in [5, 5.41) is 26.7. The molecule has 0 radical (unpaired) electrons. The van der Waals surface area contributed by atoms with Crippen LogP contribution in [0.25, 0.3) is 20.7 Å². The third-order valence-corrected chi connectivity index (χ3v) is 12.3. The summed E-state index contributed by atoms with van der Waals surface area (Å²) < 4.78 is 17.4. The Labute approximate surface area is 276 Å². The summed E-state index contributed by atoms with van der Waals surface area (Å²) in [6.45, 7) is 3.65. The van der Waals surface area contributed by atoms with Gasteiger partial charge in [-0.3, -0.25) is 29.1 Å². The van der Waals surface area contributed by atoms with E-state index in [1.54, 1.807) is 26.1 Å². The maximum absolute atomic E-state index is 14.9. The molecule has 4 amide bonds. The lowest BCUT2D eigenvalue weighted by atomic mass is 9.51. The highest BCUT2D eigenvalue weighted by molar-refractivity contribution is 7.22. The Hall–Kier alpha value is -4.39. The quantitative estimate of drug-likeness (QED) is 0.161. The number of hydroxylamine groups is 2. The molecule has 6 unspecified atom stereocenters. The van der Waals surface area contributed by atoms with Crippen LogP contribution in [0.3, 0.4) is 0 Å². The number of nitrogens with zero attached hydrogens (tertiary/aromatic N) is 4. The number of benzene rings is 2. The lowest BCUT2D eigenvalue weighted by Crippen LogP contribution is -2.48. The number of allylic oxidation sites excluding steroid dienone is 2. The molecule has 2 aliphatic carbocycles. The molecule has 2 aromatic carbocycles. The average Bonchev–Trinajstić information content (AvgIpc) is 3.70. The summed E-state index contributed by atoms with van der Waals surface area (Å²) in [4.78, 5) is 57.2. The van der Waals surface area contributed by atoms with Crippen LogP contribution in [0.2, 0.25) is 5.02 Å². The molecule has 10 nitrogen and oxygen atoms in total. The van der Waals surface area contributed by atoms with Crippen molar-refractivity contribution in [3.05, 3.63) is 76.1 Å². The number of anilines is 1. The van der Waals surface area contributed by atoms with Crippen molar-refractivity contribution >= 4 is 62.5 Å². The van der Waals surface area contributed by atoms with Gasteiger partial charge in [-0.05, 0) is 79.5 Å². The van der Waals surface area contributed by atoms with Gasteiger partial charge in [0.25, 0.3) is 11.8 Å². The first-order valence-electron chi connectivity index (χ1n) is 15.2. The van der Waals surface area contributed by atoms with Gasteiger partial charge < -0.3 is 5.11 Å². The van der Waals surface area contributed by atoms with Crippen LogP contribution in [0.15, 0.2) is 54.1 Å². The molecule has 2 N–H and O–H groups in total. The van der Waals surface area contributed by atoms with E-state index >= 15 is 0 Å². The van der Waals surface area contributed by atoms with E-state index in [0.29, 0.717) is 21.9 Å². The number of hydrogen-bond acceptors (Lipinski definition) is 8. The second kappa shape index (κ2) is 10.1. The van der Waals surface area contributed by atoms with E-state index in [4.69, 9.17) is 16.7 Å². The number of carbonyl (C=O) groups is 4. The molecule has 4 aliphatic rings. The van der Waals surface area contributed by atoms with Gasteiger partial charge in [0.2, 0.25) is 11.8 Å². The number of halogens is 2. The molecule has 0 bridgehead atoms.